The number of anilines is 1. The van der Waals surface area contributed by atoms with E-state index in [2.05, 4.69) is 17.9 Å². The summed E-state index contributed by atoms with van der Waals surface area (Å²) in [5.41, 5.74) is 11.3. The Morgan fingerprint density at radius 3 is 2.24 bits per heavy atom. The highest BCUT2D eigenvalue weighted by Gasteiger charge is 2.19. The Bertz CT molecular complexity index is 1430. The molecule has 186 valence electrons. The van der Waals surface area contributed by atoms with E-state index in [-0.39, 0.29) is 18.1 Å². The topological polar surface area (TPSA) is 89.3 Å². The molecule has 0 radical (unpaired) electrons. The number of rotatable bonds is 9. The van der Waals surface area contributed by atoms with E-state index in [9.17, 15) is 14.4 Å². The van der Waals surface area contributed by atoms with Crippen LogP contribution in [-0.2, 0) is 22.4 Å². The Labute approximate surface area is 222 Å². The van der Waals surface area contributed by atoms with E-state index in [1.807, 2.05) is 67.6 Å². The van der Waals surface area contributed by atoms with Crippen molar-refractivity contribution in [3.8, 4) is 11.1 Å². The highest BCUT2D eigenvalue weighted by molar-refractivity contribution is 7.81. The molecule has 0 aliphatic rings. The van der Waals surface area contributed by atoms with E-state index in [1.54, 1.807) is 36.4 Å². The van der Waals surface area contributed by atoms with Gasteiger partial charge in [0.05, 0.1) is 17.4 Å². The first-order valence-corrected chi connectivity index (χ1v) is 12.5. The second-order valence-electron chi connectivity index (χ2n) is 8.95. The van der Waals surface area contributed by atoms with Crippen LogP contribution >= 0.6 is 12.6 Å². The van der Waals surface area contributed by atoms with Gasteiger partial charge >= 0.3 is 0 Å². The van der Waals surface area contributed by atoms with Crippen molar-refractivity contribution in [3.05, 3.63) is 125 Å². The number of carbonyl (C=O) groups excluding carboxylic acids is 3. The predicted molar refractivity (Wildman–Crippen MR) is 151 cm³/mol. The first-order chi connectivity index (χ1) is 17.8. The molecule has 1 unspecified atom stereocenters. The third-order valence-electron chi connectivity index (χ3n) is 6.13. The Morgan fingerprint density at radius 2 is 1.54 bits per heavy atom. The summed E-state index contributed by atoms with van der Waals surface area (Å²) in [7, 11) is 0. The van der Waals surface area contributed by atoms with Crippen LogP contribution in [0.4, 0.5) is 5.69 Å². The molecule has 0 fully saturated rings. The Kier molecular flexibility index (Phi) is 8.21. The molecule has 37 heavy (non-hydrogen) atoms. The SMILES string of the molecule is Cc1ccc(CC(=O)Nc2ccc(-c3ccccc3CC(S)C(N)=O)cc2C(=O)c2ccccc2)cc1. The van der Waals surface area contributed by atoms with E-state index < -0.39 is 11.2 Å². The minimum absolute atomic E-state index is 0.195. The zero-order chi connectivity index (χ0) is 26.4. The number of carbonyl (C=O) groups is 3. The minimum atomic E-state index is -0.632. The molecule has 0 saturated heterocycles. The van der Waals surface area contributed by atoms with Crippen LogP contribution < -0.4 is 11.1 Å². The van der Waals surface area contributed by atoms with Gasteiger partial charge in [0.15, 0.2) is 5.78 Å². The van der Waals surface area contributed by atoms with Crippen molar-refractivity contribution >= 4 is 35.9 Å². The molecule has 0 aromatic heterocycles. The Balaban J connectivity index is 1.71. The van der Waals surface area contributed by atoms with Gasteiger partial charge in [-0.1, -0.05) is 90.5 Å². The van der Waals surface area contributed by atoms with Crippen molar-refractivity contribution < 1.29 is 14.4 Å². The minimum Gasteiger partial charge on any atom is -0.369 e. The zero-order valence-corrected chi connectivity index (χ0v) is 21.4. The maximum Gasteiger partial charge on any atom is 0.230 e. The average Bonchev–Trinajstić information content (AvgIpc) is 2.90. The first kappa shape index (κ1) is 25.9. The van der Waals surface area contributed by atoms with Crippen LogP contribution in [0.2, 0.25) is 0 Å². The lowest BCUT2D eigenvalue weighted by molar-refractivity contribution is -0.117. The second-order valence-corrected chi connectivity index (χ2v) is 9.57. The number of nitrogens with two attached hydrogens (primary N) is 1. The van der Waals surface area contributed by atoms with Gasteiger partial charge < -0.3 is 11.1 Å². The van der Waals surface area contributed by atoms with Gasteiger partial charge in [0.25, 0.3) is 0 Å². The Hall–Kier alpha value is -4.16. The fourth-order valence-corrected chi connectivity index (χ4v) is 4.32. The van der Waals surface area contributed by atoms with Gasteiger partial charge in [-0.15, -0.1) is 0 Å². The van der Waals surface area contributed by atoms with E-state index in [4.69, 9.17) is 5.73 Å². The van der Waals surface area contributed by atoms with Crippen LogP contribution in [0.5, 0.6) is 0 Å². The molecule has 4 aromatic rings. The molecule has 0 heterocycles. The van der Waals surface area contributed by atoms with E-state index in [0.29, 0.717) is 23.2 Å². The molecule has 0 aliphatic carbocycles. The number of benzene rings is 4. The number of amides is 2. The third-order valence-corrected chi connectivity index (χ3v) is 6.57. The smallest absolute Gasteiger partial charge is 0.230 e. The fraction of sp³-hybridized carbons (Fsp3) is 0.129. The summed E-state index contributed by atoms with van der Waals surface area (Å²) in [5, 5.41) is 2.30. The monoisotopic (exact) mass is 508 g/mol. The second kappa shape index (κ2) is 11.7. The first-order valence-electron chi connectivity index (χ1n) is 12.0. The molecular weight excluding hydrogens is 480 g/mol. The quantitative estimate of drug-likeness (QED) is 0.209. The van der Waals surface area contributed by atoms with Crippen molar-refractivity contribution in [3.63, 3.8) is 0 Å². The number of nitrogens with one attached hydrogen (secondary N) is 1. The number of aryl methyl sites for hydroxylation is 1. The van der Waals surface area contributed by atoms with Crippen molar-refractivity contribution in [2.45, 2.75) is 25.0 Å². The van der Waals surface area contributed by atoms with E-state index in [0.717, 1.165) is 27.8 Å². The molecule has 1 atom stereocenters. The van der Waals surface area contributed by atoms with Crippen LogP contribution in [0.1, 0.15) is 32.6 Å². The molecule has 2 amide bonds. The molecule has 6 heteroatoms. The van der Waals surface area contributed by atoms with Crippen molar-refractivity contribution in [2.75, 3.05) is 5.32 Å². The molecule has 0 spiro atoms. The van der Waals surface area contributed by atoms with Gasteiger partial charge in [0.2, 0.25) is 11.8 Å². The molecular formula is C31H28N2O3S. The van der Waals surface area contributed by atoms with Crippen molar-refractivity contribution in [2.24, 2.45) is 5.73 Å². The lowest BCUT2D eigenvalue weighted by Gasteiger charge is -2.16. The summed E-state index contributed by atoms with van der Waals surface area (Å²) >= 11 is 4.32. The molecule has 0 aliphatic heterocycles. The molecule has 3 N–H and O–H groups in total. The molecule has 4 rings (SSSR count). The number of hydrogen-bond donors (Lipinski definition) is 3. The lowest BCUT2D eigenvalue weighted by Crippen LogP contribution is -2.25. The maximum atomic E-state index is 13.6. The van der Waals surface area contributed by atoms with Crippen molar-refractivity contribution in [1.29, 1.82) is 0 Å². The standard InChI is InChI=1S/C31H28N2O3S/c1-20-11-13-21(14-12-20)17-29(34)33-27-16-15-24(18-26(27)30(35)22-7-3-2-4-8-22)25-10-6-5-9-23(25)19-28(37)31(32)36/h2-16,18,28,37H,17,19H2,1H3,(H2,32,36)(H,33,34). The molecule has 0 bridgehead atoms. The largest absolute Gasteiger partial charge is 0.369 e. The van der Waals surface area contributed by atoms with Crippen LogP contribution in [0.3, 0.4) is 0 Å². The summed E-state index contributed by atoms with van der Waals surface area (Å²) in [4.78, 5) is 38.1. The molecule has 4 aromatic carbocycles. The summed E-state index contributed by atoms with van der Waals surface area (Å²) in [6.07, 6.45) is 0.548. The normalized spacial score (nSPS) is 11.5. The van der Waals surface area contributed by atoms with Crippen LogP contribution in [-0.4, -0.2) is 22.8 Å². The summed E-state index contributed by atoms with van der Waals surface area (Å²) < 4.78 is 0. The number of ketones is 1. The van der Waals surface area contributed by atoms with Gasteiger partial charge in [0.1, 0.15) is 0 Å². The number of thiol groups is 1. The predicted octanol–water partition coefficient (Wildman–Crippen LogP) is 5.40. The van der Waals surface area contributed by atoms with Gasteiger partial charge in [-0.25, -0.2) is 0 Å². The van der Waals surface area contributed by atoms with Crippen LogP contribution in [0.25, 0.3) is 11.1 Å². The molecule has 5 nitrogen and oxygen atoms in total. The highest BCUT2D eigenvalue weighted by atomic mass is 32.1. The summed E-state index contributed by atoms with van der Waals surface area (Å²) in [5.74, 6) is -0.905. The van der Waals surface area contributed by atoms with Gasteiger partial charge in [-0.3, -0.25) is 14.4 Å². The third kappa shape index (κ3) is 6.54. The maximum absolute atomic E-state index is 13.6. The molecule has 0 saturated carbocycles. The number of primary amides is 1. The van der Waals surface area contributed by atoms with E-state index in [1.165, 1.54) is 0 Å². The summed E-state index contributed by atoms with van der Waals surface area (Å²) in [6, 6.07) is 29.8. The van der Waals surface area contributed by atoms with Gasteiger partial charge in [-0.2, -0.15) is 12.6 Å². The average molecular weight is 509 g/mol. The summed E-state index contributed by atoms with van der Waals surface area (Å²) in [6.45, 7) is 2.00. The van der Waals surface area contributed by atoms with Gasteiger partial charge in [0, 0.05) is 11.1 Å². The van der Waals surface area contributed by atoms with Crippen LogP contribution in [0.15, 0.2) is 97.1 Å². The number of hydrogen-bond acceptors (Lipinski definition) is 4. The zero-order valence-electron chi connectivity index (χ0n) is 20.5. The lowest BCUT2D eigenvalue weighted by atomic mass is 9.92. The highest BCUT2D eigenvalue weighted by Crippen LogP contribution is 2.30. The van der Waals surface area contributed by atoms with E-state index >= 15 is 0 Å². The van der Waals surface area contributed by atoms with Crippen molar-refractivity contribution in [1.82, 2.24) is 0 Å². The van der Waals surface area contributed by atoms with Gasteiger partial charge in [-0.05, 0) is 47.7 Å². The Morgan fingerprint density at radius 1 is 0.865 bits per heavy atom. The van der Waals surface area contributed by atoms with Crippen LogP contribution in [0, 0.1) is 6.92 Å². The fourth-order valence-electron chi connectivity index (χ4n) is 4.13.